The van der Waals surface area contributed by atoms with Gasteiger partial charge < -0.3 is 0 Å². The molecule has 0 unspecified atom stereocenters. The van der Waals surface area contributed by atoms with Gasteiger partial charge in [-0.2, -0.15) is 0 Å². The first-order valence-corrected chi connectivity index (χ1v) is 27.6. The van der Waals surface area contributed by atoms with E-state index < -0.39 is 34.4 Å². The number of hydrogen-bond donors (Lipinski definition) is 0. The molecular weight excluding hydrogens is 355 g/mol. The van der Waals surface area contributed by atoms with Crippen LogP contribution in [0.25, 0.3) is 0 Å². The van der Waals surface area contributed by atoms with Gasteiger partial charge in [0.25, 0.3) is 0 Å². The molecule has 0 amide bonds. The van der Waals surface area contributed by atoms with E-state index in [1.165, 1.54) is 0 Å². The average Bonchev–Trinajstić information content (AvgIpc) is 1.67. The Morgan fingerprint density at radius 2 is 0.647 bits per heavy atom. The molecule has 0 spiro atoms. The summed E-state index contributed by atoms with van der Waals surface area (Å²) in [7, 11) is -4.24. The summed E-state index contributed by atoms with van der Waals surface area (Å²) in [5.74, 6) is 0. The lowest BCUT2D eigenvalue weighted by Crippen LogP contribution is -2.90. The minimum Gasteiger partial charge on any atom is -0.131 e. The smallest absolute Gasteiger partial charge is 0.131 e. The summed E-state index contributed by atoms with van der Waals surface area (Å²) in [6.07, 6.45) is -1.75. The Labute approximate surface area is 126 Å². The second-order valence-electron chi connectivity index (χ2n) is 8.00. The van der Waals surface area contributed by atoms with Crippen LogP contribution in [0.2, 0.25) is 58.9 Å². The van der Waals surface area contributed by atoms with Crippen LogP contribution in [0.1, 0.15) is 0 Å². The minimum atomic E-state index is -2.60. The highest BCUT2D eigenvalue weighted by molar-refractivity contribution is 8.20. The summed E-state index contributed by atoms with van der Waals surface area (Å²) in [5, 5.41) is 0. The largest absolute Gasteiger partial charge is 0.317 e. The molecule has 0 aromatic rings. The van der Waals surface area contributed by atoms with Crippen molar-refractivity contribution in [2.24, 2.45) is 0 Å². The van der Waals surface area contributed by atoms with Crippen LogP contribution in [0.5, 0.6) is 0 Å². The molecule has 0 aliphatic carbocycles. The van der Waals surface area contributed by atoms with E-state index in [1.54, 1.807) is 0 Å². The van der Waals surface area contributed by atoms with Gasteiger partial charge >= 0.3 is 5.52 Å². The van der Waals surface area contributed by atoms with E-state index in [0.717, 1.165) is 0 Å². The number of rotatable bonds is 4. The summed E-state index contributed by atoms with van der Waals surface area (Å²) in [6.45, 7) is 22.2. The molecule has 0 fully saturated rings. The lowest BCUT2D eigenvalue weighted by molar-refractivity contribution is 1.76. The normalized spacial score (nSPS) is 16.2. The van der Waals surface area contributed by atoms with Gasteiger partial charge in [0.15, 0.2) is 0 Å². The second kappa shape index (κ2) is 5.05. The Kier molecular flexibility index (Phi) is 5.64. The molecule has 0 radical (unpaired) electrons. The third kappa shape index (κ3) is 3.17. The Balaban J connectivity index is 6.37. The molecule has 0 heterocycles. The van der Waals surface area contributed by atoms with E-state index >= 15 is 0 Å². The Morgan fingerprint density at radius 1 is 0.471 bits per heavy atom. The monoisotopic (exact) mass is 380 g/mol. The second-order valence-corrected chi connectivity index (χ2v) is 67.4. The maximum Gasteiger partial charge on any atom is 0.317 e. The molecule has 0 aromatic heterocycles. The van der Waals surface area contributed by atoms with Crippen molar-refractivity contribution < 1.29 is 0 Å². The molecule has 0 N–H and O–H groups in total. The fraction of sp³-hybridized carbons (Fsp3) is 1.00. The van der Waals surface area contributed by atoms with Gasteiger partial charge in [-0.05, 0) is 0 Å². The molecule has 0 saturated carbocycles. The van der Waals surface area contributed by atoms with E-state index in [9.17, 15) is 0 Å². The predicted molar refractivity (Wildman–Crippen MR) is 99.1 cm³/mol. The number of hydrogen-bond acceptors (Lipinski definition) is 0. The van der Waals surface area contributed by atoms with Gasteiger partial charge in [-0.1, -0.05) is 58.9 Å². The van der Waals surface area contributed by atoms with Crippen LogP contribution < -0.4 is 0 Å². The molecule has 0 rings (SSSR count). The molecule has 0 bridgehead atoms. The molecule has 0 nitrogen and oxygen atoms in total. The molecule has 0 aliphatic rings. The molecular formula is C9H27Cl3Si5. The van der Waals surface area contributed by atoms with Gasteiger partial charge in [0.1, 0.15) is 0 Å². The third-order valence-corrected chi connectivity index (χ3v) is 126. The van der Waals surface area contributed by atoms with Crippen molar-refractivity contribution >= 4 is 67.7 Å². The summed E-state index contributed by atoms with van der Waals surface area (Å²) >= 11 is 20.2. The van der Waals surface area contributed by atoms with Gasteiger partial charge in [0, 0.05) is 22.8 Å². The molecule has 0 atom stereocenters. The highest BCUT2D eigenvalue weighted by Crippen LogP contribution is 2.48. The summed E-state index contributed by atoms with van der Waals surface area (Å²) in [4.78, 5) is 0. The van der Waals surface area contributed by atoms with E-state index in [4.69, 9.17) is 33.2 Å². The average molecular weight is 382 g/mol. The highest BCUT2D eigenvalue weighted by atomic mass is 35.8. The summed E-state index contributed by atoms with van der Waals surface area (Å²) < 4.78 is 0. The summed E-state index contributed by atoms with van der Waals surface area (Å²) in [6, 6.07) is 0. The maximum absolute atomic E-state index is 6.75. The first kappa shape index (κ1) is 19.0. The molecule has 0 aromatic carbocycles. The van der Waals surface area contributed by atoms with Gasteiger partial charge in [0.2, 0.25) is 0 Å². The molecule has 0 aliphatic heterocycles. The molecule has 104 valence electrons. The van der Waals surface area contributed by atoms with E-state index in [1.807, 2.05) is 0 Å². The Bertz CT molecular complexity index is 217. The van der Waals surface area contributed by atoms with E-state index in [0.29, 0.717) is 0 Å². The van der Waals surface area contributed by atoms with Crippen LogP contribution in [0.4, 0.5) is 0 Å². The number of halogens is 3. The minimum absolute atomic E-state index is 1.41. The molecule has 0 saturated heterocycles. The van der Waals surface area contributed by atoms with Gasteiger partial charge in [-0.15, -0.1) is 33.2 Å². The Morgan fingerprint density at radius 3 is 0.647 bits per heavy atom. The van der Waals surface area contributed by atoms with Crippen LogP contribution >= 0.6 is 33.2 Å². The van der Waals surface area contributed by atoms with Crippen molar-refractivity contribution in [1.82, 2.24) is 0 Å². The van der Waals surface area contributed by atoms with Crippen LogP contribution in [-0.2, 0) is 0 Å². The predicted octanol–water partition coefficient (Wildman–Crippen LogP) is 5.42. The van der Waals surface area contributed by atoms with Crippen LogP contribution in [0.15, 0.2) is 0 Å². The standard InChI is InChI=1S/C9H27Cl3Si5/c1-13(2,3)17(14(4,5)6,15(7,8)9)16(10,11)12/h1-9H3. The van der Waals surface area contributed by atoms with Gasteiger partial charge in [-0.25, -0.2) is 0 Å². The fourth-order valence-electron chi connectivity index (χ4n) is 4.65. The van der Waals surface area contributed by atoms with Crippen LogP contribution in [0, 0.1) is 0 Å². The van der Waals surface area contributed by atoms with E-state index in [-0.39, 0.29) is 0 Å². The Hall–Kier alpha value is 1.95. The molecule has 8 heteroatoms. The van der Waals surface area contributed by atoms with Crippen molar-refractivity contribution in [3.63, 3.8) is 0 Å². The van der Waals surface area contributed by atoms with Crippen molar-refractivity contribution in [3.05, 3.63) is 0 Å². The van der Waals surface area contributed by atoms with E-state index in [2.05, 4.69) is 58.9 Å². The van der Waals surface area contributed by atoms with Crippen molar-refractivity contribution in [3.8, 4) is 0 Å². The quantitative estimate of drug-likeness (QED) is 0.450. The SMILES string of the molecule is C[Si](C)(C)[Si]([Si](C)(C)C)([Si](C)(C)C)[Si](Cl)(Cl)Cl. The zero-order chi connectivity index (χ0) is 14.5. The van der Waals surface area contributed by atoms with Crippen molar-refractivity contribution in [2.45, 2.75) is 58.9 Å². The zero-order valence-corrected chi connectivity index (χ0v) is 19.9. The third-order valence-electron chi connectivity index (χ3n) is 3.80. The lowest BCUT2D eigenvalue weighted by Gasteiger charge is -2.59. The fourth-order valence-corrected chi connectivity index (χ4v) is 194. The highest BCUT2D eigenvalue weighted by Gasteiger charge is 2.72. The zero-order valence-electron chi connectivity index (χ0n) is 12.6. The van der Waals surface area contributed by atoms with Crippen LogP contribution in [0.3, 0.4) is 0 Å². The first-order chi connectivity index (χ1) is 7.00. The van der Waals surface area contributed by atoms with Gasteiger partial charge in [0.05, 0.1) is 6.14 Å². The van der Waals surface area contributed by atoms with Crippen molar-refractivity contribution in [1.29, 1.82) is 0 Å². The first-order valence-electron chi connectivity index (χ1n) is 6.07. The molecule has 17 heavy (non-hydrogen) atoms. The topological polar surface area (TPSA) is 0 Å². The van der Waals surface area contributed by atoms with Gasteiger partial charge in [-0.3, -0.25) is 0 Å². The summed E-state index contributed by atoms with van der Waals surface area (Å²) in [5.41, 5.74) is -2.60. The lowest BCUT2D eigenvalue weighted by atomic mass is 11.8. The van der Waals surface area contributed by atoms with Crippen LogP contribution in [-0.4, -0.2) is 34.4 Å². The van der Waals surface area contributed by atoms with Crippen molar-refractivity contribution in [2.75, 3.05) is 0 Å². The maximum atomic E-state index is 6.75.